The number of carbonyl (C=O) groups excluding carboxylic acids is 2. The number of methoxy groups -OCH3 is 1. The number of carbonyl (C=O) groups is 2. The van der Waals surface area contributed by atoms with E-state index in [0.29, 0.717) is 12.1 Å². The molecule has 176 valence electrons. The van der Waals surface area contributed by atoms with Gasteiger partial charge in [-0.05, 0) is 54.1 Å². The van der Waals surface area contributed by atoms with Crippen molar-refractivity contribution in [2.75, 3.05) is 26.8 Å². The minimum atomic E-state index is -0.292. The second-order valence-electron chi connectivity index (χ2n) is 8.67. The molecule has 3 heterocycles. The third kappa shape index (κ3) is 4.36. The summed E-state index contributed by atoms with van der Waals surface area (Å²) >= 11 is 0. The van der Waals surface area contributed by atoms with Crippen molar-refractivity contribution in [3.63, 3.8) is 0 Å². The van der Waals surface area contributed by atoms with E-state index in [2.05, 4.69) is 16.8 Å². The van der Waals surface area contributed by atoms with Crippen molar-refractivity contribution >= 4 is 11.8 Å². The van der Waals surface area contributed by atoms with Crippen LogP contribution in [0, 0.1) is 11.8 Å². The van der Waals surface area contributed by atoms with Crippen LogP contribution < -0.4 is 4.74 Å². The quantitative estimate of drug-likeness (QED) is 0.596. The van der Waals surface area contributed by atoms with Gasteiger partial charge in [-0.15, -0.1) is 0 Å². The van der Waals surface area contributed by atoms with Gasteiger partial charge in [0.05, 0.1) is 31.4 Å². The summed E-state index contributed by atoms with van der Waals surface area (Å²) in [5, 5.41) is 10.0. The van der Waals surface area contributed by atoms with Crippen LogP contribution in [0.25, 0.3) is 0 Å². The first-order valence-corrected chi connectivity index (χ1v) is 11.5. The normalized spacial score (nSPS) is 20.9. The van der Waals surface area contributed by atoms with E-state index in [-0.39, 0.29) is 43.0 Å². The van der Waals surface area contributed by atoms with Crippen molar-refractivity contribution < 1.29 is 19.4 Å². The Hall–Kier alpha value is -4.15. The molecule has 2 saturated heterocycles. The van der Waals surface area contributed by atoms with Gasteiger partial charge in [-0.25, -0.2) is 0 Å². The number of aliphatic hydroxyl groups is 1. The monoisotopic (exact) mass is 467 g/mol. The molecule has 0 unspecified atom stereocenters. The molecule has 2 aromatic carbocycles. The van der Waals surface area contributed by atoms with Crippen LogP contribution in [0.5, 0.6) is 5.75 Å². The summed E-state index contributed by atoms with van der Waals surface area (Å²) in [5.41, 5.74) is 3.24. The molecule has 1 N–H and O–H groups in total. The Labute approximate surface area is 204 Å². The van der Waals surface area contributed by atoms with Crippen molar-refractivity contribution in [2.45, 2.75) is 18.0 Å². The first-order chi connectivity index (χ1) is 17.1. The molecule has 7 heteroatoms. The van der Waals surface area contributed by atoms with Crippen molar-refractivity contribution in [1.82, 2.24) is 14.8 Å². The number of aromatic nitrogens is 1. The van der Waals surface area contributed by atoms with Gasteiger partial charge in [0.1, 0.15) is 12.3 Å². The van der Waals surface area contributed by atoms with Gasteiger partial charge in [0.2, 0.25) is 5.91 Å². The standard InChI is InChI=1S/C28H25N3O4/c1-35-23-12-8-20(9-13-23)5-4-19-6-10-21(11-7-19)27-24-16-30(17-26(33)31(24)25(27)18-32)28(34)22-3-2-14-29-15-22/h2-3,6-15,24-25,27,32H,16-18H2,1H3/t24-,25+,27-/m0/s1. The first-order valence-electron chi connectivity index (χ1n) is 11.5. The van der Waals surface area contributed by atoms with Gasteiger partial charge in [0.25, 0.3) is 5.91 Å². The van der Waals surface area contributed by atoms with E-state index in [9.17, 15) is 14.7 Å². The van der Waals surface area contributed by atoms with Crippen LogP contribution in [-0.2, 0) is 4.79 Å². The van der Waals surface area contributed by atoms with Gasteiger partial charge in [0, 0.05) is 36.0 Å². The van der Waals surface area contributed by atoms with Gasteiger partial charge < -0.3 is 19.6 Å². The molecule has 2 amide bonds. The van der Waals surface area contributed by atoms with E-state index < -0.39 is 0 Å². The summed E-state index contributed by atoms with van der Waals surface area (Å²) in [5.74, 6) is 6.69. The predicted molar refractivity (Wildman–Crippen MR) is 130 cm³/mol. The van der Waals surface area contributed by atoms with Gasteiger partial charge in [-0.2, -0.15) is 0 Å². The maximum Gasteiger partial charge on any atom is 0.255 e. The number of ether oxygens (including phenoxy) is 1. The highest BCUT2D eigenvalue weighted by atomic mass is 16.5. The van der Waals surface area contributed by atoms with Crippen molar-refractivity contribution in [1.29, 1.82) is 0 Å². The van der Waals surface area contributed by atoms with Crippen LogP contribution in [0.1, 0.15) is 33.0 Å². The highest BCUT2D eigenvalue weighted by molar-refractivity contribution is 5.97. The molecule has 2 aliphatic rings. The smallest absolute Gasteiger partial charge is 0.255 e. The predicted octanol–water partition coefficient (Wildman–Crippen LogP) is 2.30. The summed E-state index contributed by atoms with van der Waals surface area (Å²) in [4.78, 5) is 33.1. The summed E-state index contributed by atoms with van der Waals surface area (Å²) in [6, 6.07) is 18.4. The summed E-state index contributed by atoms with van der Waals surface area (Å²) in [7, 11) is 1.63. The minimum Gasteiger partial charge on any atom is -0.497 e. The number of fused-ring (bicyclic) bond motifs is 1. The fourth-order valence-corrected chi connectivity index (χ4v) is 4.93. The number of rotatable bonds is 4. The third-order valence-electron chi connectivity index (χ3n) is 6.68. The first kappa shape index (κ1) is 22.6. The molecule has 35 heavy (non-hydrogen) atoms. The van der Waals surface area contributed by atoms with E-state index >= 15 is 0 Å². The van der Waals surface area contributed by atoms with Crippen LogP contribution in [-0.4, -0.2) is 70.6 Å². The van der Waals surface area contributed by atoms with Gasteiger partial charge in [0.15, 0.2) is 0 Å². The topological polar surface area (TPSA) is 83.0 Å². The fraction of sp³-hybridized carbons (Fsp3) is 0.250. The summed E-state index contributed by atoms with van der Waals surface area (Å²) in [6.45, 7) is 0.301. The van der Waals surface area contributed by atoms with Crippen LogP contribution >= 0.6 is 0 Å². The summed E-state index contributed by atoms with van der Waals surface area (Å²) < 4.78 is 5.17. The summed E-state index contributed by atoms with van der Waals surface area (Å²) in [6.07, 6.45) is 3.12. The third-order valence-corrected chi connectivity index (χ3v) is 6.68. The van der Waals surface area contributed by atoms with Crippen molar-refractivity contribution in [3.8, 4) is 17.6 Å². The number of amides is 2. The SMILES string of the molecule is COc1ccc(C#Cc2ccc([C@@H]3[C@@H](CO)N4C(=O)CN(C(=O)c5cccnc5)C[C@@H]34)cc2)cc1. The lowest BCUT2D eigenvalue weighted by molar-refractivity contribution is -0.159. The zero-order valence-electron chi connectivity index (χ0n) is 19.3. The molecule has 7 nitrogen and oxygen atoms in total. The van der Waals surface area contributed by atoms with Gasteiger partial charge in [-0.1, -0.05) is 24.0 Å². The lowest BCUT2D eigenvalue weighted by atomic mass is 9.73. The minimum absolute atomic E-state index is 0.00728. The lowest BCUT2D eigenvalue weighted by Gasteiger charge is -2.58. The zero-order valence-corrected chi connectivity index (χ0v) is 19.3. The molecule has 0 bridgehead atoms. The zero-order chi connectivity index (χ0) is 24.4. The average Bonchev–Trinajstić information content (AvgIpc) is 2.89. The van der Waals surface area contributed by atoms with Crippen LogP contribution in [0.3, 0.4) is 0 Å². The van der Waals surface area contributed by atoms with Crippen molar-refractivity contribution in [3.05, 3.63) is 95.3 Å². The Morgan fingerprint density at radius 2 is 1.77 bits per heavy atom. The number of benzene rings is 2. The lowest BCUT2D eigenvalue weighted by Crippen LogP contribution is -2.73. The molecule has 2 aliphatic heterocycles. The second kappa shape index (κ2) is 9.61. The molecule has 0 spiro atoms. The van der Waals surface area contributed by atoms with Gasteiger partial charge >= 0.3 is 0 Å². The fourth-order valence-electron chi connectivity index (χ4n) is 4.93. The number of aliphatic hydroxyl groups excluding tert-OH is 1. The molecule has 3 atom stereocenters. The number of pyridine rings is 1. The molecule has 1 aromatic heterocycles. The maximum absolute atomic E-state index is 12.9. The van der Waals surface area contributed by atoms with E-state index in [0.717, 1.165) is 22.4 Å². The Bertz CT molecular complexity index is 1280. The number of hydrogen-bond acceptors (Lipinski definition) is 5. The molecule has 0 aliphatic carbocycles. The Morgan fingerprint density at radius 1 is 1.09 bits per heavy atom. The molecule has 2 fully saturated rings. The van der Waals surface area contributed by atoms with E-state index in [4.69, 9.17) is 4.74 Å². The van der Waals surface area contributed by atoms with Crippen molar-refractivity contribution in [2.24, 2.45) is 0 Å². The molecule has 0 saturated carbocycles. The van der Waals surface area contributed by atoms with E-state index in [1.165, 1.54) is 6.20 Å². The second-order valence-corrected chi connectivity index (χ2v) is 8.67. The van der Waals surface area contributed by atoms with Crippen LogP contribution in [0.4, 0.5) is 0 Å². The molecule has 3 aromatic rings. The van der Waals surface area contributed by atoms with Crippen LogP contribution in [0.15, 0.2) is 73.1 Å². The highest BCUT2D eigenvalue weighted by Crippen LogP contribution is 2.43. The number of nitrogens with zero attached hydrogens (tertiary/aromatic N) is 3. The van der Waals surface area contributed by atoms with Crippen LogP contribution in [0.2, 0.25) is 0 Å². The van der Waals surface area contributed by atoms with Gasteiger partial charge in [-0.3, -0.25) is 14.6 Å². The molecule has 0 radical (unpaired) electrons. The molecular weight excluding hydrogens is 442 g/mol. The average molecular weight is 468 g/mol. The van der Waals surface area contributed by atoms with E-state index in [1.54, 1.807) is 35.2 Å². The van der Waals surface area contributed by atoms with E-state index in [1.807, 2.05) is 48.5 Å². The Morgan fingerprint density at radius 3 is 2.37 bits per heavy atom. The Balaban J connectivity index is 1.33. The Kier molecular flexibility index (Phi) is 6.21. The highest BCUT2D eigenvalue weighted by Gasteiger charge is 2.54. The molecule has 5 rings (SSSR count). The maximum atomic E-state index is 12.9. The largest absolute Gasteiger partial charge is 0.497 e. The number of piperazine rings is 1. The number of hydrogen-bond donors (Lipinski definition) is 1. The molecular formula is C28H25N3O4.